The topological polar surface area (TPSA) is 110 Å². The van der Waals surface area contributed by atoms with E-state index < -0.39 is 10.0 Å². The Kier molecular flexibility index (Phi) is 4.10. The first-order chi connectivity index (χ1) is 9.03. The molecule has 0 aliphatic heterocycles. The van der Waals surface area contributed by atoms with E-state index in [2.05, 4.69) is 20.1 Å². The molecular formula is C10H13N5O2S2. The van der Waals surface area contributed by atoms with E-state index in [9.17, 15) is 8.42 Å². The Hall–Kier alpha value is -1.55. The van der Waals surface area contributed by atoms with Crippen molar-refractivity contribution in [3.63, 3.8) is 0 Å². The third kappa shape index (κ3) is 3.26. The normalized spacial score (nSPS) is 11.5. The summed E-state index contributed by atoms with van der Waals surface area (Å²) in [6.07, 6.45) is 1.46. The van der Waals surface area contributed by atoms with Crippen molar-refractivity contribution in [3.05, 3.63) is 34.4 Å². The van der Waals surface area contributed by atoms with Crippen molar-refractivity contribution in [1.29, 1.82) is 0 Å². The van der Waals surface area contributed by atoms with Crippen LogP contribution in [0.2, 0.25) is 0 Å². The molecule has 19 heavy (non-hydrogen) atoms. The molecule has 0 bridgehead atoms. The number of nitrogen functional groups attached to an aromatic ring is 1. The summed E-state index contributed by atoms with van der Waals surface area (Å²) in [4.78, 5) is 8.04. The first kappa shape index (κ1) is 13.9. The lowest BCUT2D eigenvalue weighted by atomic mass is 10.5. The number of pyridine rings is 1. The molecule has 2 heterocycles. The number of nitrogens with one attached hydrogen (secondary N) is 2. The van der Waals surface area contributed by atoms with Crippen LogP contribution >= 0.6 is 11.3 Å². The van der Waals surface area contributed by atoms with Crippen molar-refractivity contribution in [3.8, 4) is 0 Å². The Labute approximate surface area is 114 Å². The van der Waals surface area contributed by atoms with Gasteiger partial charge in [0.05, 0.1) is 17.2 Å². The molecular weight excluding hydrogens is 286 g/mol. The Bertz CT molecular complexity index is 668. The second-order valence-corrected chi connectivity index (χ2v) is 6.47. The van der Waals surface area contributed by atoms with Gasteiger partial charge in [-0.05, 0) is 19.1 Å². The van der Waals surface area contributed by atoms with E-state index in [0.29, 0.717) is 5.69 Å². The van der Waals surface area contributed by atoms with Crippen LogP contribution in [0.15, 0.2) is 28.6 Å². The number of aromatic nitrogens is 2. The lowest BCUT2D eigenvalue weighted by molar-refractivity contribution is 0.580. The summed E-state index contributed by atoms with van der Waals surface area (Å²) in [5, 5.41) is 2.70. The SMILES string of the molecule is Cc1nc(CNS(=O)(=O)c2cccnc2NN)cs1. The van der Waals surface area contributed by atoms with Crippen molar-refractivity contribution >= 4 is 27.2 Å². The molecule has 9 heteroatoms. The van der Waals surface area contributed by atoms with Gasteiger partial charge in [-0.1, -0.05) is 0 Å². The molecule has 4 N–H and O–H groups in total. The van der Waals surface area contributed by atoms with Crippen molar-refractivity contribution in [2.24, 2.45) is 5.84 Å². The van der Waals surface area contributed by atoms with Crippen molar-refractivity contribution in [1.82, 2.24) is 14.7 Å². The van der Waals surface area contributed by atoms with Crippen LogP contribution in [0.3, 0.4) is 0 Å². The minimum absolute atomic E-state index is 0.00412. The predicted octanol–water partition coefficient (Wildman–Crippen LogP) is 0.611. The number of thiazole rings is 1. The highest BCUT2D eigenvalue weighted by Crippen LogP contribution is 2.17. The molecule has 2 aromatic heterocycles. The van der Waals surface area contributed by atoms with Crippen molar-refractivity contribution < 1.29 is 8.42 Å². The van der Waals surface area contributed by atoms with Gasteiger partial charge in [0, 0.05) is 11.6 Å². The largest absolute Gasteiger partial charge is 0.307 e. The average Bonchev–Trinajstić information content (AvgIpc) is 2.82. The molecule has 0 saturated carbocycles. The fourth-order valence-corrected chi connectivity index (χ4v) is 3.18. The second-order valence-electron chi connectivity index (χ2n) is 3.68. The average molecular weight is 299 g/mol. The number of hydrogen-bond donors (Lipinski definition) is 3. The predicted molar refractivity (Wildman–Crippen MR) is 72.9 cm³/mol. The van der Waals surface area contributed by atoms with Crippen molar-refractivity contribution in [2.75, 3.05) is 5.43 Å². The molecule has 0 saturated heterocycles. The minimum atomic E-state index is -3.68. The molecule has 2 aromatic rings. The molecule has 0 unspecified atom stereocenters. The van der Waals surface area contributed by atoms with Gasteiger partial charge in [-0.25, -0.2) is 29.0 Å². The lowest BCUT2D eigenvalue weighted by Gasteiger charge is -2.08. The van der Waals surface area contributed by atoms with Gasteiger partial charge in [-0.2, -0.15) is 0 Å². The molecule has 0 aliphatic carbocycles. The fourth-order valence-electron chi connectivity index (χ4n) is 1.45. The number of nitrogens with two attached hydrogens (primary N) is 1. The summed E-state index contributed by atoms with van der Waals surface area (Å²) in [6, 6.07) is 2.96. The molecule has 0 amide bonds. The number of nitrogens with zero attached hydrogens (tertiary/aromatic N) is 2. The molecule has 0 radical (unpaired) electrons. The minimum Gasteiger partial charge on any atom is -0.307 e. The van der Waals surface area contributed by atoms with Gasteiger partial charge in [0.25, 0.3) is 0 Å². The van der Waals surface area contributed by atoms with E-state index >= 15 is 0 Å². The first-order valence-corrected chi connectivity index (χ1v) is 7.71. The van der Waals surface area contributed by atoms with E-state index in [1.165, 1.54) is 29.7 Å². The summed E-state index contributed by atoms with van der Waals surface area (Å²) in [7, 11) is -3.68. The Morgan fingerprint density at radius 3 is 2.89 bits per heavy atom. The highest BCUT2D eigenvalue weighted by molar-refractivity contribution is 7.89. The number of aryl methyl sites for hydroxylation is 1. The summed E-state index contributed by atoms with van der Waals surface area (Å²) in [6.45, 7) is 1.99. The van der Waals surface area contributed by atoms with Gasteiger partial charge in [0.1, 0.15) is 4.90 Å². The molecule has 102 valence electrons. The Morgan fingerprint density at radius 2 is 2.26 bits per heavy atom. The highest BCUT2D eigenvalue weighted by atomic mass is 32.2. The maximum Gasteiger partial charge on any atom is 0.244 e. The lowest BCUT2D eigenvalue weighted by Crippen LogP contribution is -2.25. The monoisotopic (exact) mass is 299 g/mol. The molecule has 0 spiro atoms. The molecule has 2 rings (SSSR count). The quantitative estimate of drug-likeness (QED) is 0.551. The van der Waals surface area contributed by atoms with Crippen LogP contribution in [0.4, 0.5) is 5.82 Å². The van der Waals surface area contributed by atoms with Gasteiger partial charge in [-0.15, -0.1) is 11.3 Å². The summed E-state index contributed by atoms with van der Waals surface area (Å²) in [5.74, 6) is 5.34. The van der Waals surface area contributed by atoms with Gasteiger partial charge in [-0.3, -0.25) is 0 Å². The van der Waals surface area contributed by atoms with Crippen LogP contribution in [0, 0.1) is 6.92 Å². The molecule has 0 aliphatic rings. The molecule has 0 atom stereocenters. The van der Waals surface area contributed by atoms with Crippen molar-refractivity contribution in [2.45, 2.75) is 18.4 Å². The number of rotatable bonds is 5. The van der Waals surface area contributed by atoms with E-state index in [1.807, 2.05) is 12.3 Å². The summed E-state index contributed by atoms with van der Waals surface area (Å²) < 4.78 is 26.7. The zero-order valence-electron chi connectivity index (χ0n) is 10.1. The molecule has 7 nitrogen and oxygen atoms in total. The van der Waals surface area contributed by atoms with Gasteiger partial charge in [0.15, 0.2) is 5.82 Å². The van der Waals surface area contributed by atoms with E-state index in [1.54, 1.807) is 0 Å². The van der Waals surface area contributed by atoms with E-state index in [0.717, 1.165) is 5.01 Å². The van der Waals surface area contributed by atoms with E-state index in [-0.39, 0.29) is 17.3 Å². The zero-order chi connectivity index (χ0) is 13.9. The number of hydrazine groups is 1. The highest BCUT2D eigenvalue weighted by Gasteiger charge is 2.18. The third-order valence-corrected chi connectivity index (χ3v) is 4.56. The standard InChI is InChI=1S/C10H13N5O2S2/c1-7-14-8(6-18-7)5-13-19(16,17)9-3-2-4-12-10(9)15-11/h2-4,6,13H,5,11H2,1H3,(H,12,15). The summed E-state index contributed by atoms with van der Waals surface area (Å²) >= 11 is 1.47. The third-order valence-electron chi connectivity index (χ3n) is 2.31. The van der Waals surface area contributed by atoms with Crippen LogP contribution in [0.5, 0.6) is 0 Å². The molecule has 0 fully saturated rings. The van der Waals surface area contributed by atoms with E-state index in [4.69, 9.17) is 5.84 Å². The van der Waals surface area contributed by atoms with Gasteiger partial charge in [0.2, 0.25) is 10.0 Å². The Morgan fingerprint density at radius 1 is 1.47 bits per heavy atom. The smallest absolute Gasteiger partial charge is 0.244 e. The number of sulfonamides is 1. The first-order valence-electron chi connectivity index (χ1n) is 5.35. The molecule has 0 aromatic carbocycles. The van der Waals surface area contributed by atoms with Gasteiger partial charge >= 0.3 is 0 Å². The van der Waals surface area contributed by atoms with Crippen LogP contribution in [0.25, 0.3) is 0 Å². The maximum absolute atomic E-state index is 12.1. The van der Waals surface area contributed by atoms with Crippen LogP contribution in [-0.4, -0.2) is 18.4 Å². The van der Waals surface area contributed by atoms with Crippen LogP contribution < -0.4 is 16.0 Å². The Balaban J connectivity index is 2.18. The second kappa shape index (κ2) is 5.61. The fraction of sp³-hybridized carbons (Fsp3) is 0.200. The number of anilines is 1. The van der Waals surface area contributed by atoms with Crippen LogP contribution in [-0.2, 0) is 16.6 Å². The van der Waals surface area contributed by atoms with Crippen LogP contribution in [0.1, 0.15) is 10.7 Å². The van der Waals surface area contributed by atoms with Gasteiger partial charge < -0.3 is 5.43 Å². The zero-order valence-corrected chi connectivity index (χ0v) is 11.8. The summed E-state index contributed by atoms with van der Waals surface area (Å²) in [5.41, 5.74) is 2.94. The number of hydrogen-bond acceptors (Lipinski definition) is 7. The maximum atomic E-state index is 12.1.